The molecule has 4 heteroatoms. The van der Waals surface area contributed by atoms with E-state index in [1.165, 1.54) is 6.42 Å². The van der Waals surface area contributed by atoms with Gasteiger partial charge in [0, 0.05) is 30.7 Å². The van der Waals surface area contributed by atoms with E-state index >= 15 is 0 Å². The third-order valence-electron chi connectivity index (χ3n) is 4.01. The van der Waals surface area contributed by atoms with E-state index in [1.807, 2.05) is 12.1 Å². The summed E-state index contributed by atoms with van der Waals surface area (Å²) in [5, 5.41) is 3.67. The molecule has 0 bridgehead atoms. The molecular weight excluding hydrogens is 264 g/mol. The molecule has 2 rings (SSSR count). The van der Waals surface area contributed by atoms with Crippen LogP contribution in [-0.4, -0.2) is 43.8 Å². The van der Waals surface area contributed by atoms with Crippen molar-refractivity contribution >= 4 is 0 Å². The SMILES string of the molecule is CN(Cc1ccco1)CC1(CNC(C)(C)C)CCCOC1. The van der Waals surface area contributed by atoms with Gasteiger partial charge in [0.05, 0.1) is 19.4 Å². The molecule has 1 aromatic rings. The number of nitrogens with one attached hydrogen (secondary N) is 1. The molecule has 4 nitrogen and oxygen atoms in total. The van der Waals surface area contributed by atoms with Gasteiger partial charge in [0.15, 0.2) is 0 Å². The van der Waals surface area contributed by atoms with E-state index in [9.17, 15) is 0 Å². The number of rotatable bonds is 6. The molecule has 1 saturated heterocycles. The van der Waals surface area contributed by atoms with Gasteiger partial charge in [-0.2, -0.15) is 0 Å². The van der Waals surface area contributed by atoms with E-state index in [1.54, 1.807) is 6.26 Å². The van der Waals surface area contributed by atoms with Crippen molar-refractivity contribution in [3.8, 4) is 0 Å². The first-order valence-electron chi connectivity index (χ1n) is 7.92. The van der Waals surface area contributed by atoms with Gasteiger partial charge < -0.3 is 14.5 Å². The van der Waals surface area contributed by atoms with Crippen LogP contribution in [0.4, 0.5) is 0 Å². The van der Waals surface area contributed by atoms with Crippen molar-refractivity contribution in [2.45, 2.75) is 45.7 Å². The molecule has 1 fully saturated rings. The first kappa shape index (κ1) is 16.5. The number of nitrogens with zero attached hydrogens (tertiary/aromatic N) is 1. The highest BCUT2D eigenvalue weighted by Crippen LogP contribution is 2.30. The minimum atomic E-state index is 0.143. The summed E-state index contributed by atoms with van der Waals surface area (Å²) in [4.78, 5) is 2.35. The van der Waals surface area contributed by atoms with Crippen LogP contribution in [0.5, 0.6) is 0 Å². The van der Waals surface area contributed by atoms with Gasteiger partial charge in [0.25, 0.3) is 0 Å². The summed E-state index contributed by atoms with van der Waals surface area (Å²) in [5.41, 5.74) is 0.344. The molecular formula is C17H30N2O2. The first-order chi connectivity index (χ1) is 9.89. The lowest BCUT2D eigenvalue weighted by Crippen LogP contribution is -2.51. The van der Waals surface area contributed by atoms with Gasteiger partial charge in [-0.15, -0.1) is 0 Å². The van der Waals surface area contributed by atoms with E-state index in [-0.39, 0.29) is 11.0 Å². The molecule has 0 radical (unpaired) electrons. The van der Waals surface area contributed by atoms with E-state index < -0.39 is 0 Å². The standard InChI is InChI=1S/C17H30N2O2/c1-16(2,3)18-12-17(8-6-9-20-14-17)13-19(4)11-15-7-5-10-21-15/h5,7,10,18H,6,8-9,11-14H2,1-4H3. The fourth-order valence-electron chi connectivity index (χ4n) is 2.98. The van der Waals surface area contributed by atoms with Crippen LogP contribution in [0.2, 0.25) is 0 Å². The zero-order chi connectivity index (χ0) is 15.3. The van der Waals surface area contributed by atoms with Gasteiger partial charge in [-0.05, 0) is 52.8 Å². The Labute approximate surface area is 128 Å². The third-order valence-corrected chi connectivity index (χ3v) is 4.01. The smallest absolute Gasteiger partial charge is 0.117 e. The van der Waals surface area contributed by atoms with Crippen LogP contribution in [-0.2, 0) is 11.3 Å². The molecule has 1 unspecified atom stereocenters. The monoisotopic (exact) mass is 294 g/mol. The molecule has 0 aliphatic carbocycles. The van der Waals surface area contributed by atoms with E-state index in [2.05, 4.69) is 38.0 Å². The zero-order valence-electron chi connectivity index (χ0n) is 13.9. The molecule has 0 spiro atoms. The summed E-state index contributed by atoms with van der Waals surface area (Å²) in [7, 11) is 2.16. The van der Waals surface area contributed by atoms with Crippen molar-refractivity contribution in [1.29, 1.82) is 0 Å². The minimum absolute atomic E-state index is 0.143. The number of ether oxygens (including phenoxy) is 1. The van der Waals surface area contributed by atoms with E-state index in [0.29, 0.717) is 0 Å². The van der Waals surface area contributed by atoms with Gasteiger partial charge in [0.1, 0.15) is 5.76 Å². The Bertz CT molecular complexity index is 403. The summed E-state index contributed by atoms with van der Waals surface area (Å²) in [6, 6.07) is 3.98. The van der Waals surface area contributed by atoms with Crippen LogP contribution in [0.1, 0.15) is 39.4 Å². The van der Waals surface area contributed by atoms with Crippen molar-refractivity contribution in [1.82, 2.24) is 10.2 Å². The lowest BCUT2D eigenvalue weighted by molar-refractivity contribution is -0.0269. The number of hydrogen-bond donors (Lipinski definition) is 1. The minimum Gasteiger partial charge on any atom is -0.468 e. The van der Waals surface area contributed by atoms with Crippen molar-refractivity contribution < 1.29 is 9.15 Å². The average molecular weight is 294 g/mol. The summed E-state index contributed by atoms with van der Waals surface area (Å²) < 4.78 is 11.2. The fraction of sp³-hybridized carbons (Fsp3) is 0.765. The average Bonchev–Trinajstić information content (AvgIpc) is 2.89. The highest BCUT2D eigenvalue weighted by Gasteiger charge is 2.35. The third kappa shape index (κ3) is 5.46. The lowest BCUT2D eigenvalue weighted by atomic mass is 9.81. The molecule has 21 heavy (non-hydrogen) atoms. The molecule has 1 atom stereocenters. The second kappa shape index (κ2) is 6.95. The Morgan fingerprint density at radius 2 is 2.19 bits per heavy atom. The van der Waals surface area contributed by atoms with Crippen LogP contribution >= 0.6 is 0 Å². The Hall–Kier alpha value is -0.840. The van der Waals surface area contributed by atoms with Crippen molar-refractivity contribution in [2.24, 2.45) is 5.41 Å². The van der Waals surface area contributed by atoms with Crippen LogP contribution < -0.4 is 5.32 Å². The fourth-order valence-corrected chi connectivity index (χ4v) is 2.98. The molecule has 0 aromatic carbocycles. The maximum atomic E-state index is 5.80. The Balaban J connectivity index is 1.94. The lowest BCUT2D eigenvalue weighted by Gasteiger charge is -2.41. The largest absolute Gasteiger partial charge is 0.468 e. The maximum absolute atomic E-state index is 5.80. The van der Waals surface area contributed by atoms with Crippen LogP contribution in [0.15, 0.2) is 22.8 Å². The predicted molar refractivity (Wildman–Crippen MR) is 85.3 cm³/mol. The summed E-state index contributed by atoms with van der Waals surface area (Å²) in [6.07, 6.45) is 4.11. The Kier molecular flexibility index (Phi) is 5.47. The molecule has 1 aromatic heterocycles. The molecule has 2 heterocycles. The molecule has 120 valence electrons. The number of furan rings is 1. The number of hydrogen-bond acceptors (Lipinski definition) is 4. The van der Waals surface area contributed by atoms with Crippen LogP contribution in [0.3, 0.4) is 0 Å². The Morgan fingerprint density at radius 3 is 2.76 bits per heavy atom. The normalized spacial score (nSPS) is 23.7. The molecule has 0 amide bonds. The zero-order valence-corrected chi connectivity index (χ0v) is 13.9. The van der Waals surface area contributed by atoms with Crippen molar-refractivity contribution in [2.75, 3.05) is 33.4 Å². The van der Waals surface area contributed by atoms with Crippen molar-refractivity contribution in [3.05, 3.63) is 24.2 Å². The predicted octanol–water partition coefficient (Wildman–Crippen LogP) is 2.90. The van der Waals surface area contributed by atoms with Gasteiger partial charge in [-0.25, -0.2) is 0 Å². The Morgan fingerprint density at radius 1 is 1.38 bits per heavy atom. The summed E-state index contributed by atoms with van der Waals surface area (Å²) >= 11 is 0. The highest BCUT2D eigenvalue weighted by atomic mass is 16.5. The van der Waals surface area contributed by atoms with Crippen molar-refractivity contribution in [3.63, 3.8) is 0 Å². The van der Waals surface area contributed by atoms with Gasteiger partial charge in [0.2, 0.25) is 0 Å². The van der Waals surface area contributed by atoms with Crippen LogP contribution in [0, 0.1) is 5.41 Å². The highest BCUT2D eigenvalue weighted by molar-refractivity contribution is 4.98. The molecule has 0 saturated carbocycles. The van der Waals surface area contributed by atoms with E-state index in [4.69, 9.17) is 9.15 Å². The summed E-state index contributed by atoms with van der Waals surface area (Å²) in [6.45, 7) is 11.3. The quantitative estimate of drug-likeness (QED) is 0.875. The topological polar surface area (TPSA) is 37.6 Å². The second-order valence-corrected chi connectivity index (χ2v) is 7.51. The van der Waals surface area contributed by atoms with Gasteiger partial charge >= 0.3 is 0 Å². The molecule has 1 aliphatic rings. The maximum Gasteiger partial charge on any atom is 0.117 e. The molecule has 1 N–H and O–H groups in total. The van der Waals surface area contributed by atoms with Gasteiger partial charge in [-0.1, -0.05) is 0 Å². The first-order valence-corrected chi connectivity index (χ1v) is 7.92. The van der Waals surface area contributed by atoms with Crippen LogP contribution in [0.25, 0.3) is 0 Å². The summed E-state index contributed by atoms with van der Waals surface area (Å²) in [5.74, 6) is 1.02. The molecule has 1 aliphatic heterocycles. The van der Waals surface area contributed by atoms with Gasteiger partial charge in [-0.3, -0.25) is 4.90 Å². The van der Waals surface area contributed by atoms with E-state index in [0.717, 1.165) is 45.0 Å². The second-order valence-electron chi connectivity index (χ2n) is 7.51.